The highest BCUT2D eigenvalue weighted by atomic mass is 19.1. The molecule has 0 heterocycles. The molecule has 0 atom stereocenters. The Labute approximate surface area is 119 Å². The molecule has 0 amide bonds. The van der Waals surface area contributed by atoms with Gasteiger partial charge in [-0.1, -0.05) is 11.8 Å². The molecule has 0 saturated carbocycles. The molecule has 3 nitrogen and oxygen atoms in total. The maximum absolute atomic E-state index is 13.3. The zero-order chi connectivity index (χ0) is 15.0. The van der Waals surface area contributed by atoms with E-state index in [4.69, 9.17) is 14.6 Å². The van der Waals surface area contributed by atoms with Crippen LogP contribution < -0.4 is 4.74 Å². The SMILES string of the molecule is COC(C)(C)CCOc1cc(F)ccc1C#CCCO. The van der Waals surface area contributed by atoms with E-state index in [0.717, 1.165) is 0 Å². The van der Waals surface area contributed by atoms with Crippen molar-refractivity contribution in [3.8, 4) is 17.6 Å². The minimum Gasteiger partial charge on any atom is -0.492 e. The number of rotatable bonds is 6. The summed E-state index contributed by atoms with van der Waals surface area (Å²) in [4.78, 5) is 0. The van der Waals surface area contributed by atoms with Crippen molar-refractivity contribution in [3.63, 3.8) is 0 Å². The van der Waals surface area contributed by atoms with Crippen molar-refractivity contribution in [2.75, 3.05) is 20.3 Å². The third-order valence-electron chi connectivity index (χ3n) is 2.92. The number of hydrogen-bond donors (Lipinski definition) is 1. The van der Waals surface area contributed by atoms with Gasteiger partial charge >= 0.3 is 0 Å². The van der Waals surface area contributed by atoms with Crippen LogP contribution in [0.2, 0.25) is 0 Å². The van der Waals surface area contributed by atoms with Gasteiger partial charge in [0.05, 0.1) is 24.4 Å². The summed E-state index contributed by atoms with van der Waals surface area (Å²) in [6.45, 7) is 4.35. The molecule has 4 heteroatoms. The first kappa shape index (κ1) is 16.5. The van der Waals surface area contributed by atoms with Crippen LogP contribution in [-0.2, 0) is 4.74 Å². The minimum atomic E-state index is -0.362. The van der Waals surface area contributed by atoms with E-state index in [2.05, 4.69) is 11.8 Å². The first-order chi connectivity index (χ1) is 9.48. The predicted octanol–water partition coefficient (Wildman–Crippen LogP) is 2.75. The summed E-state index contributed by atoms with van der Waals surface area (Å²) >= 11 is 0. The van der Waals surface area contributed by atoms with Crippen molar-refractivity contribution < 1.29 is 19.0 Å². The van der Waals surface area contributed by atoms with Crippen LogP contribution in [-0.4, -0.2) is 31.0 Å². The number of ether oxygens (including phenoxy) is 2. The molecule has 0 aliphatic heterocycles. The van der Waals surface area contributed by atoms with Gasteiger partial charge in [-0.15, -0.1) is 0 Å². The predicted molar refractivity (Wildman–Crippen MR) is 76.2 cm³/mol. The lowest BCUT2D eigenvalue weighted by Gasteiger charge is -2.22. The Hall–Kier alpha value is -1.57. The summed E-state index contributed by atoms with van der Waals surface area (Å²) in [5.74, 6) is 5.73. The van der Waals surface area contributed by atoms with Crippen molar-refractivity contribution in [2.45, 2.75) is 32.3 Å². The first-order valence-electron chi connectivity index (χ1n) is 6.56. The fraction of sp³-hybridized carbons (Fsp3) is 0.500. The van der Waals surface area contributed by atoms with Crippen LogP contribution in [0, 0.1) is 17.7 Å². The molecule has 0 unspecified atom stereocenters. The fourth-order valence-corrected chi connectivity index (χ4v) is 1.44. The molecule has 0 aliphatic rings. The Morgan fingerprint density at radius 1 is 1.35 bits per heavy atom. The maximum Gasteiger partial charge on any atom is 0.137 e. The van der Waals surface area contributed by atoms with Gasteiger partial charge in [0.1, 0.15) is 11.6 Å². The summed E-state index contributed by atoms with van der Waals surface area (Å²) in [6, 6.07) is 4.24. The van der Waals surface area contributed by atoms with E-state index in [-0.39, 0.29) is 18.0 Å². The summed E-state index contributed by atoms with van der Waals surface area (Å²) in [7, 11) is 1.65. The zero-order valence-corrected chi connectivity index (χ0v) is 12.2. The van der Waals surface area contributed by atoms with Gasteiger partial charge in [-0.2, -0.15) is 0 Å². The molecular formula is C16H21FO3. The van der Waals surface area contributed by atoms with Gasteiger partial charge in [0.25, 0.3) is 0 Å². The molecule has 0 aliphatic carbocycles. The molecule has 0 spiro atoms. The molecule has 110 valence electrons. The quantitative estimate of drug-likeness (QED) is 0.814. The number of aliphatic hydroxyl groups excluding tert-OH is 1. The van der Waals surface area contributed by atoms with E-state index in [9.17, 15) is 4.39 Å². The number of halogens is 1. The summed E-state index contributed by atoms with van der Waals surface area (Å²) in [5.41, 5.74) is 0.339. The molecule has 1 aromatic carbocycles. The Kier molecular flexibility index (Phi) is 6.50. The van der Waals surface area contributed by atoms with Crippen molar-refractivity contribution in [1.82, 2.24) is 0 Å². The summed E-state index contributed by atoms with van der Waals surface area (Å²) < 4.78 is 24.2. The monoisotopic (exact) mass is 280 g/mol. The Balaban J connectivity index is 2.73. The normalized spacial score (nSPS) is 10.8. The van der Waals surface area contributed by atoms with Crippen molar-refractivity contribution in [3.05, 3.63) is 29.6 Å². The molecule has 1 N–H and O–H groups in total. The molecule has 0 aromatic heterocycles. The van der Waals surface area contributed by atoms with Gasteiger partial charge < -0.3 is 14.6 Å². The maximum atomic E-state index is 13.3. The molecular weight excluding hydrogens is 259 g/mol. The van der Waals surface area contributed by atoms with Crippen LogP contribution in [0.1, 0.15) is 32.3 Å². The third kappa shape index (κ3) is 5.60. The van der Waals surface area contributed by atoms with E-state index < -0.39 is 0 Å². The second-order valence-corrected chi connectivity index (χ2v) is 4.98. The summed E-state index contributed by atoms with van der Waals surface area (Å²) in [5, 5.41) is 8.71. The fourth-order valence-electron chi connectivity index (χ4n) is 1.44. The van der Waals surface area contributed by atoms with Crippen LogP contribution in [0.4, 0.5) is 4.39 Å². The lowest BCUT2D eigenvalue weighted by Crippen LogP contribution is -2.25. The van der Waals surface area contributed by atoms with Crippen LogP contribution in [0.5, 0.6) is 5.75 Å². The van der Waals surface area contributed by atoms with Gasteiger partial charge in [0, 0.05) is 26.0 Å². The van der Waals surface area contributed by atoms with E-state index in [1.807, 2.05) is 13.8 Å². The second-order valence-electron chi connectivity index (χ2n) is 4.98. The van der Waals surface area contributed by atoms with E-state index in [1.165, 1.54) is 12.1 Å². The van der Waals surface area contributed by atoms with Crippen molar-refractivity contribution >= 4 is 0 Å². The lowest BCUT2D eigenvalue weighted by atomic mass is 10.1. The summed E-state index contributed by atoms with van der Waals surface area (Å²) in [6.07, 6.45) is 1.07. The van der Waals surface area contributed by atoms with Crippen LogP contribution in [0.25, 0.3) is 0 Å². The number of aliphatic hydroxyl groups is 1. The van der Waals surface area contributed by atoms with Crippen LogP contribution in [0.3, 0.4) is 0 Å². The van der Waals surface area contributed by atoms with Crippen LogP contribution in [0.15, 0.2) is 18.2 Å². The van der Waals surface area contributed by atoms with E-state index in [1.54, 1.807) is 13.2 Å². The first-order valence-corrected chi connectivity index (χ1v) is 6.56. The standard InChI is InChI=1S/C16H21FO3/c1-16(2,19-3)9-11-20-15-12-14(17)8-7-13(15)6-4-5-10-18/h7-8,12,18H,5,9-11H2,1-3H3. The van der Waals surface area contributed by atoms with Gasteiger partial charge in [-0.05, 0) is 26.0 Å². The zero-order valence-electron chi connectivity index (χ0n) is 12.2. The van der Waals surface area contributed by atoms with Gasteiger partial charge in [0.2, 0.25) is 0 Å². The minimum absolute atomic E-state index is 0.00636. The average Bonchev–Trinajstić information content (AvgIpc) is 2.41. The largest absolute Gasteiger partial charge is 0.492 e. The molecule has 1 rings (SSSR count). The van der Waals surface area contributed by atoms with Crippen LogP contribution >= 0.6 is 0 Å². The Morgan fingerprint density at radius 2 is 2.10 bits per heavy atom. The average molecular weight is 280 g/mol. The molecule has 0 radical (unpaired) electrons. The highest BCUT2D eigenvalue weighted by molar-refractivity contribution is 5.46. The van der Waals surface area contributed by atoms with Crippen molar-refractivity contribution in [1.29, 1.82) is 0 Å². The number of benzene rings is 1. The highest BCUT2D eigenvalue weighted by Crippen LogP contribution is 2.21. The van der Waals surface area contributed by atoms with Gasteiger partial charge in [-0.3, -0.25) is 0 Å². The number of methoxy groups -OCH3 is 1. The van der Waals surface area contributed by atoms with E-state index in [0.29, 0.717) is 30.8 Å². The number of hydrogen-bond acceptors (Lipinski definition) is 3. The highest BCUT2D eigenvalue weighted by Gasteiger charge is 2.16. The molecule has 20 heavy (non-hydrogen) atoms. The second kappa shape index (κ2) is 7.88. The lowest BCUT2D eigenvalue weighted by molar-refractivity contribution is 0.00541. The van der Waals surface area contributed by atoms with Gasteiger partial charge in [0.15, 0.2) is 0 Å². The van der Waals surface area contributed by atoms with Gasteiger partial charge in [-0.25, -0.2) is 4.39 Å². The molecule has 0 saturated heterocycles. The molecule has 0 fully saturated rings. The Bertz CT molecular complexity index is 486. The van der Waals surface area contributed by atoms with E-state index >= 15 is 0 Å². The third-order valence-corrected chi connectivity index (χ3v) is 2.92. The smallest absolute Gasteiger partial charge is 0.137 e. The van der Waals surface area contributed by atoms with Crippen molar-refractivity contribution in [2.24, 2.45) is 0 Å². The molecule has 1 aromatic rings. The Morgan fingerprint density at radius 3 is 2.75 bits per heavy atom. The molecule has 0 bridgehead atoms. The topological polar surface area (TPSA) is 38.7 Å².